The Balaban J connectivity index is 3.02. The van der Waals surface area contributed by atoms with Crippen LogP contribution in [0.15, 0.2) is 18.2 Å². The highest BCUT2D eigenvalue weighted by Gasteiger charge is 2.09. The second-order valence-electron chi connectivity index (χ2n) is 3.21. The first-order valence-corrected chi connectivity index (χ1v) is 4.63. The first kappa shape index (κ1) is 10.6. The van der Waals surface area contributed by atoms with E-state index in [-0.39, 0.29) is 11.8 Å². The van der Waals surface area contributed by atoms with E-state index >= 15 is 0 Å². The topological polar surface area (TPSA) is 70.0 Å². The van der Waals surface area contributed by atoms with Gasteiger partial charge in [0.15, 0.2) is 0 Å². The molecule has 0 fully saturated rings. The molecule has 0 saturated heterocycles. The molecule has 0 aliphatic rings. The monoisotopic (exact) mass is 190 g/mol. The molecular formula is C11H14N2O. The third-order valence-corrected chi connectivity index (χ3v) is 2.22. The Labute approximate surface area is 83.8 Å². The Morgan fingerprint density at radius 2 is 2.29 bits per heavy atom. The number of phenolic OH excluding ortho intramolecular Hbond substituents is 1. The number of rotatable bonds is 3. The van der Waals surface area contributed by atoms with Crippen molar-refractivity contribution in [3.63, 3.8) is 0 Å². The number of nitriles is 1. The molecule has 0 saturated carbocycles. The summed E-state index contributed by atoms with van der Waals surface area (Å²) in [7, 11) is 0. The van der Waals surface area contributed by atoms with Gasteiger partial charge >= 0.3 is 0 Å². The van der Waals surface area contributed by atoms with Gasteiger partial charge in [0.05, 0.1) is 12.5 Å². The molecule has 1 atom stereocenters. The van der Waals surface area contributed by atoms with Crippen LogP contribution in [-0.4, -0.2) is 5.11 Å². The number of nitrogens with two attached hydrogens (primary N) is 1. The summed E-state index contributed by atoms with van der Waals surface area (Å²) in [4.78, 5) is 0. The number of aryl methyl sites for hydroxylation is 1. The molecule has 3 heteroatoms. The zero-order valence-corrected chi connectivity index (χ0v) is 8.20. The maximum absolute atomic E-state index is 9.27. The Hall–Kier alpha value is -1.53. The van der Waals surface area contributed by atoms with Gasteiger partial charge in [0.2, 0.25) is 0 Å². The van der Waals surface area contributed by atoms with E-state index in [1.807, 2.05) is 13.0 Å². The van der Waals surface area contributed by atoms with E-state index < -0.39 is 0 Å². The van der Waals surface area contributed by atoms with Crippen molar-refractivity contribution in [3.8, 4) is 11.8 Å². The molecule has 0 amide bonds. The van der Waals surface area contributed by atoms with E-state index in [0.717, 1.165) is 17.5 Å². The Morgan fingerprint density at radius 1 is 1.57 bits per heavy atom. The first-order chi connectivity index (χ1) is 6.69. The maximum Gasteiger partial charge on any atom is 0.115 e. The van der Waals surface area contributed by atoms with E-state index in [4.69, 9.17) is 11.0 Å². The summed E-state index contributed by atoms with van der Waals surface area (Å²) in [5.41, 5.74) is 7.79. The molecule has 1 rings (SSSR count). The molecule has 0 radical (unpaired) electrons. The second kappa shape index (κ2) is 4.64. The van der Waals surface area contributed by atoms with Crippen LogP contribution in [0, 0.1) is 11.3 Å². The van der Waals surface area contributed by atoms with Crippen molar-refractivity contribution < 1.29 is 5.11 Å². The van der Waals surface area contributed by atoms with Crippen LogP contribution >= 0.6 is 0 Å². The smallest absolute Gasteiger partial charge is 0.115 e. The lowest BCUT2D eigenvalue weighted by Crippen LogP contribution is -2.11. The number of hydrogen-bond donors (Lipinski definition) is 2. The van der Waals surface area contributed by atoms with Gasteiger partial charge in [-0.15, -0.1) is 0 Å². The van der Waals surface area contributed by atoms with Gasteiger partial charge in [0, 0.05) is 6.04 Å². The molecule has 14 heavy (non-hydrogen) atoms. The van der Waals surface area contributed by atoms with Crippen LogP contribution in [0.5, 0.6) is 5.75 Å². The minimum atomic E-state index is -0.254. The van der Waals surface area contributed by atoms with Crippen molar-refractivity contribution in [2.75, 3.05) is 0 Å². The fraction of sp³-hybridized carbons (Fsp3) is 0.364. The summed E-state index contributed by atoms with van der Waals surface area (Å²) >= 11 is 0. The largest absolute Gasteiger partial charge is 0.508 e. The number of hydrogen-bond acceptors (Lipinski definition) is 3. The van der Waals surface area contributed by atoms with Gasteiger partial charge in [0.25, 0.3) is 0 Å². The molecule has 0 heterocycles. The molecule has 0 spiro atoms. The lowest BCUT2D eigenvalue weighted by atomic mass is 9.97. The standard InChI is InChI=1S/C11H14N2O/c1-2-8-7-9(14)3-4-10(8)11(13)5-6-12/h3-4,7,11,14H,2,5,13H2,1H3/t11-/m1/s1. The lowest BCUT2D eigenvalue weighted by molar-refractivity contribution is 0.474. The molecule has 74 valence electrons. The molecule has 0 bridgehead atoms. The van der Waals surface area contributed by atoms with Crippen LogP contribution in [0.4, 0.5) is 0 Å². The summed E-state index contributed by atoms with van der Waals surface area (Å²) in [5, 5.41) is 17.8. The summed E-state index contributed by atoms with van der Waals surface area (Å²) in [6, 6.07) is 6.88. The van der Waals surface area contributed by atoms with Crippen molar-refractivity contribution in [1.29, 1.82) is 5.26 Å². The van der Waals surface area contributed by atoms with Crippen LogP contribution in [-0.2, 0) is 6.42 Å². The molecular weight excluding hydrogens is 176 g/mol. The lowest BCUT2D eigenvalue weighted by Gasteiger charge is -2.13. The van der Waals surface area contributed by atoms with Crippen molar-refractivity contribution in [2.24, 2.45) is 5.73 Å². The highest BCUT2D eigenvalue weighted by atomic mass is 16.3. The van der Waals surface area contributed by atoms with Gasteiger partial charge in [-0.1, -0.05) is 13.0 Å². The molecule has 3 N–H and O–H groups in total. The number of aromatic hydroxyl groups is 1. The van der Waals surface area contributed by atoms with Gasteiger partial charge in [-0.25, -0.2) is 0 Å². The first-order valence-electron chi connectivity index (χ1n) is 4.63. The average Bonchev–Trinajstić information content (AvgIpc) is 2.17. The van der Waals surface area contributed by atoms with E-state index in [0.29, 0.717) is 6.42 Å². The predicted molar refractivity (Wildman–Crippen MR) is 54.6 cm³/mol. The van der Waals surface area contributed by atoms with Crippen LogP contribution in [0.25, 0.3) is 0 Å². The molecule has 1 aromatic carbocycles. The zero-order chi connectivity index (χ0) is 10.6. The van der Waals surface area contributed by atoms with Gasteiger partial charge in [-0.3, -0.25) is 0 Å². The second-order valence-corrected chi connectivity index (χ2v) is 3.21. The zero-order valence-electron chi connectivity index (χ0n) is 8.20. The van der Waals surface area contributed by atoms with Crippen molar-refractivity contribution in [3.05, 3.63) is 29.3 Å². The average molecular weight is 190 g/mol. The van der Waals surface area contributed by atoms with Gasteiger partial charge in [0.1, 0.15) is 5.75 Å². The van der Waals surface area contributed by atoms with Crippen molar-refractivity contribution >= 4 is 0 Å². The fourth-order valence-electron chi connectivity index (χ4n) is 1.47. The third-order valence-electron chi connectivity index (χ3n) is 2.22. The highest BCUT2D eigenvalue weighted by molar-refractivity contribution is 5.37. The molecule has 0 unspecified atom stereocenters. The van der Waals surface area contributed by atoms with E-state index in [2.05, 4.69) is 0 Å². The Bertz CT molecular complexity index is 355. The quantitative estimate of drug-likeness (QED) is 0.764. The van der Waals surface area contributed by atoms with E-state index in [9.17, 15) is 5.11 Å². The molecule has 0 aromatic heterocycles. The molecule has 1 aromatic rings. The van der Waals surface area contributed by atoms with Crippen molar-refractivity contribution in [2.45, 2.75) is 25.8 Å². The predicted octanol–water partition coefficient (Wildman–Crippen LogP) is 1.87. The summed E-state index contributed by atoms with van der Waals surface area (Å²) in [6.45, 7) is 2.00. The minimum Gasteiger partial charge on any atom is -0.508 e. The summed E-state index contributed by atoms with van der Waals surface area (Å²) < 4.78 is 0. The molecule has 0 aliphatic carbocycles. The molecule has 0 aliphatic heterocycles. The van der Waals surface area contributed by atoms with Crippen molar-refractivity contribution in [1.82, 2.24) is 0 Å². The number of benzene rings is 1. The number of nitrogens with zero attached hydrogens (tertiary/aromatic N) is 1. The molecule has 3 nitrogen and oxygen atoms in total. The fourth-order valence-corrected chi connectivity index (χ4v) is 1.47. The maximum atomic E-state index is 9.27. The van der Waals surface area contributed by atoms with Crippen LogP contribution < -0.4 is 5.73 Å². The van der Waals surface area contributed by atoms with Crippen LogP contribution in [0.3, 0.4) is 0 Å². The van der Waals surface area contributed by atoms with E-state index in [1.54, 1.807) is 18.2 Å². The SMILES string of the molecule is CCc1cc(O)ccc1[C@H](N)CC#N. The minimum absolute atomic E-state index is 0.245. The van der Waals surface area contributed by atoms with Gasteiger partial charge in [-0.05, 0) is 29.7 Å². The summed E-state index contributed by atoms with van der Waals surface area (Å²) in [6.07, 6.45) is 1.11. The third kappa shape index (κ3) is 2.24. The van der Waals surface area contributed by atoms with Gasteiger partial charge < -0.3 is 10.8 Å². The number of phenols is 1. The summed E-state index contributed by atoms with van der Waals surface area (Å²) in [5.74, 6) is 0.245. The van der Waals surface area contributed by atoms with Gasteiger partial charge in [-0.2, -0.15) is 5.26 Å². The Kier molecular flexibility index (Phi) is 3.49. The Morgan fingerprint density at radius 3 is 2.86 bits per heavy atom. The normalized spacial score (nSPS) is 12.1. The van der Waals surface area contributed by atoms with E-state index in [1.165, 1.54) is 0 Å². The van der Waals surface area contributed by atoms with Crippen LogP contribution in [0.2, 0.25) is 0 Å². The highest BCUT2D eigenvalue weighted by Crippen LogP contribution is 2.23. The van der Waals surface area contributed by atoms with Crippen LogP contribution in [0.1, 0.15) is 30.5 Å².